The third kappa shape index (κ3) is 84.8. The molecule has 0 bridgehead atoms. The molecule has 0 amide bonds. The summed E-state index contributed by atoms with van der Waals surface area (Å²) in [5.41, 5.74) is 0. The fraction of sp³-hybridized carbons (Fsp3) is 1.00. The van der Waals surface area contributed by atoms with Crippen LogP contribution in [0.1, 0.15) is 593 Å². The Labute approximate surface area is 619 Å². The molecule has 0 rings (SSSR count). The predicted molar refractivity (Wildman–Crippen MR) is 449 cm³/mol. The van der Waals surface area contributed by atoms with Crippen LogP contribution in [0.3, 0.4) is 0 Å². The molecule has 0 aromatic heterocycles. The first-order valence-electron chi connectivity index (χ1n) is 48.1. The monoisotopic (exact) mass is 1360 g/mol. The van der Waals surface area contributed by atoms with Crippen LogP contribution in [0.5, 0.6) is 0 Å². The molecular formula is C96H196N+. The molecule has 0 unspecified atom stereocenters. The van der Waals surface area contributed by atoms with Gasteiger partial charge >= 0.3 is 0 Å². The molecule has 0 aliphatic carbocycles. The molecule has 0 saturated heterocycles. The maximum atomic E-state index is 2.33. The van der Waals surface area contributed by atoms with E-state index in [1.807, 2.05) is 0 Å². The Bertz CT molecular complexity index is 1110. The van der Waals surface area contributed by atoms with Gasteiger partial charge in [-0.15, -0.1) is 0 Å². The number of quaternary nitrogens is 1. The van der Waals surface area contributed by atoms with Crippen LogP contribution in [0.25, 0.3) is 0 Å². The normalized spacial score (nSPS) is 12.0. The summed E-state index contributed by atoms with van der Waals surface area (Å²) < 4.78 is 1.50. The first kappa shape index (κ1) is 97.0. The summed E-state index contributed by atoms with van der Waals surface area (Å²) in [4.78, 5) is 0. The zero-order valence-corrected chi connectivity index (χ0v) is 69.5. The average Bonchev–Trinajstić information content (AvgIpc) is 1.90. The molecule has 0 heterocycles. The lowest BCUT2D eigenvalue weighted by molar-refractivity contribution is -0.929. The van der Waals surface area contributed by atoms with Gasteiger partial charge in [-0.05, 0) is 51.4 Å². The minimum absolute atomic E-state index is 1.37. The maximum absolute atomic E-state index is 2.33. The number of hydrogen-bond donors (Lipinski definition) is 0. The van der Waals surface area contributed by atoms with Crippen LogP contribution in [0, 0.1) is 0 Å². The third-order valence-corrected chi connectivity index (χ3v) is 23.9. The van der Waals surface area contributed by atoms with Crippen molar-refractivity contribution < 1.29 is 4.48 Å². The van der Waals surface area contributed by atoms with E-state index in [2.05, 4.69) is 27.7 Å². The molecule has 0 atom stereocenters. The summed E-state index contributed by atoms with van der Waals surface area (Å²) in [5, 5.41) is 0. The Balaban J connectivity index is 5.00. The highest BCUT2D eigenvalue weighted by molar-refractivity contribution is 4.60. The molecule has 0 saturated carbocycles. The molecule has 0 spiro atoms. The number of rotatable bonds is 92. The molecule has 1 heteroatoms. The van der Waals surface area contributed by atoms with E-state index < -0.39 is 0 Å². The number of hydrogen-bond acceptors (Lipinski definition) is 0. The Morgan fingerprint density at radius 2 is 0.144 bits per heavy atom. The highest BCUT2D eigenvalue weighted by Gasteiger charge is 2.26. The molecule has 0 aliphatic rings. The number of unbranched alkanes of at least 4 members (excludes halogenated alkanes) is 84. The van der Waals surface area contributed by atoms with E-state index in [0.717, 1.165) is 0 Å². The van der Waals surface area contributed by atoms with Gasteiger partial charge in [0.15, 0.2) is 0 Å². The van der Waals surface area contributed by atoms with Gasteiger partial charge in [0.25, 0.3) is 0 Å². The third-order valence-electron chi connectivity index (χ3n) is 23.9. The number of nitrogens with zero attached hydrogens (tertiary/aromatic N) is 1. The van der Waals surface area contributed by atoms with Gasteiger partial charge in [-0.25, -0.2) is 0 Å². The summed E-state index contributed by atoms with van der Waals surface area (Å²) in [5.74, 6) is 0. The van der Waals surface area contributed by atoms with Gasteiger partial charge in [-0.2, -0.15) is 0 Å². The second-order valence-electron chi connectivity index (χ2n) is 33.9. The molecule has 0 aromatic rings. The van der Waals surface area contributed by atoms with Crippen LogP contribution in [0.2, 0.25) is 0 Å². The van der Waals surface area contributed by atoms with Gasteiger partial charge in [0, 0.05) is 0 Å². The second kappa shape index (κ2) is 90.2. The standard InChI is InChI=1S/C96H196N/c1-5-9-13-17-21-25-29-33-37-41-45-49-53-57-61-65-69-73-77-81-85-89-93-97(94-90-86-82-78-74-70-66-62-58-54-50-46-42-38-34-30-26-22-18-14-10-6-2,95-91-87-83-79-75-71-67-63-59-55-51-47-43-39-35-31-27-23-19-15-11-7-3)96-92-88-84-80-76-72-68-64-60-56-52-48-44-40-36-32-28-24-20-16-12-8-4/h5-96H2,1-4H3/q+1. The van der Waals surface area contributed by atoms with Crippen molar-refractivity contribution in [3.63, 3.8) is 0 Å². The Kier molecular flexibility index (Phi) is 90.1. The van der Waals surface area contributed by atoms with Crippen molar-refractivity contribution in [3.8, 4) is 0 Å². The molecule has 0 N–H and O–H groups in total. The van der Waals surface area contributed by atoms with Gasteiger partial charge in [-0.1, -0.05) is 541 Å². The smallest absolute Gasteiger partial charge is 0.0786 e. The lowest BCUT2D eigenvalue weighted by atomic mass is 10.0. The van der Waals surface area contributed by atoms with Crippen LogP contribution in [0.4, 0.5) is 0 Å². The highest BCUT2D eigenvalue weighted by Crippen LogP contribution is 2.25. The molecule has 97 heavy (non-hydrogen) atoms. The lowest BCUT2D eigenvalue weighted by Gasteiger charge is -2.40. The molecule has 584 valence electrons. The second-order valence-corrected chi connectivity index (χ2v) is 33.9. The zero-order valence-electron chi connectivity index (χ0n) is 69.5. The summed E-state index contributed by atoms with van der Waals surface area (Å²) in [7, 11) is 0. The summed E-state index contributed by atoms with van der Waals surface area (Å²) in [6, 6.07) is 0. The van der Waals surface area contributed by atoms with E-state index in [9.17, 15) is 0 Å². The van der Waals surface area contributed by atoms with Crippen LogP contribution in [-0.4, -0.2) is 30.7 Å². The summed E-state index contributed by atoms with van der Waals surface area (Å²) in [6.45, 7) is 15.3. The van der Waals surface area contributed by atoms with Crippen LogP contribution in [-0.2, 0) is 0 Å². The van der Waals surface area contributed by atoms with Crippen molar-refractivity contribution in [2.75, 3.05) is 26.2 Å². The molecule has 0 radical (unpaired) electrons. The van der Waals surface area contributed by atoms with Gasteiger partial charge in [0.05, 0.1) is 26.2 Å². The fourth-order valence-electron chi connectivity index (χ4n) is 16.9. The minimum atomic E-state index is 1.37. The largest absolute Gasteiger partial charge is 0.324 e. The van der Waals surface area contributed by atoms with Crippen molar-refractivity contribution in [2.24, 2.45) is 0 Å². The SMILES string of the molecule is CCCCCCCCCCCCCCCCCCCCCCCC[N+](CCCCCCCCCCCCCCCCCCCCCCCC)(CCCCCCCCCCCCCCCCCCCCCCCC)CCCCCCCCCCCCCCCCCCCCCCCC. The highest BCUT2D eigenvalue weighted by atomic mass is 15.3. The zero-order chi connectivity index (χ0) is 69.6. The van der Waals surface area contributed by atoms with E-state index in [1.165, 1.54) is 596 Å². The molecular weight excluding hydrogens is 1170 g/mol. The predicted octanol–water partition coefficient (Wildman–Crippen LogP) is 36.2. The Morgan fingerprint density at radius 1 is 0.0825 bits per heavy atom. The van der Waals surface area contributed by atoms with Gasteiger partial charge in [0.1, 0.15) is 0 Å². The van der Waals surface area contributed by atoms with Crippen molar-refractivity contribution in [1.29, 1.82) is 0 Å². The van der Waals surface area contributed by atoms with Crippen molar-refractivity contribution >= 4 is 0 Å². The quantitative estimate of drug-likeness (QED) is 0.0421. The van der Waals surface area contributed by atoms with Crippen molar-refractivity contribution in [1.82, 2.24) is 0 Å². The van der Waals surface area contributed by atoms with Crippen LogP contribution in [0.15, 0.2) is 0 Å². The van der Waals surface area contributed by atoms with Gasteiger partial charge in [-0.3, -0.25) is 0 Å². The molecule has 0 fully saturated rings. The lowest BCUT2D eigenvalue weighted by Crippen LogP contribution is -2.50. The van der Waals surface area contributed by atoms with E-state index in [0.29, 0.717) is 0 Å². The molecule has 0 aliphatic heterocycles. The van der Waals surface area contributed by atoms with Gasteiger partial charge < -0.3 is 4.48 Å². The summed E-state index contributed by atoms with van der Waals surface area (Å²) >= 11 is 0. The maximum Gasteiger partial charge on any atom is 0.0786 e. The van der Waals surface area contributed by atoms with E-state index in [1.54, 1.807) is 0 Å². The average molecular weight is 1360 g/mol. The first-order valence-corrected chi connectivity index (χ1v) is 48.1. The van der Waals surface area contributed by atoms with Crippen LogP contribution < -0.4 is 0 Å². The molecule has 1 nitrogen and oxygen atoms in total. The first-order chi connectivity index (χ1) is 48.2. The van der Waals surface area contributed by atoms with E-state index in [-0.39, 0.29) is 0 Å². The van der Waals surface area contributed by atoms with E-state index >= 15 is 0 Å². The summed E-state index contributed by atoms with van der Waals surface area (Å²) in [6.07, 6.45) is 131. The van der Waals surface area contributed by atoms with Crippen LogP contribution >= 0.6 is 0 Å². The molecule has 0 aromatic carbocycles. The topological polar surface area (TPSA) is 0 Å². The van der Waals surface area contributed by atoms with Gasteiger partial charge in [0.2, 0.25) is 0 Å². The Hall–Kier alpha value is -0.0400. The fourth-order valence-corrected chi connectivity index (χ4v) is 16.9. The van der Waals surface area contributed by atoms with E-state index in [4.69, 9.17) is 0 Å². The van der Waals surface area contributed by atoms with Crippen molar-refractivity contribution in [3.05, 3.63) is 0 Å². The Morgan fingerprint density at radius 3 is 0.216 bits per heavy atom. The minimum Gasteiger partial charge on any atom is -0.324 e. The van der Waals surface area contributed by atoms with Crippen molar-refractivity contribution in [2.45, 2.75) is 593 Å².